The molecule has 3 heterocycles. The molecule has 0 fully saturated rings. The van der Waals surface area contributed by atoms with Crippen LogP contribution in [0.4, 0.5) is 0 Å². The van der Waals surface area contributed by atoms with Crippen molar-refractivity contribution < 1.29 is 0 Å². The molecular formula is C43H26N4S. The average Bonchev–Trinajstić information content (AvgIpc) is 3.71. The van der Waals surface area contributed by atoms with E-state index >= 15 is 0 Å². The van der Waals surface area contributed by atoms with Gasteiger partial charge in [-0.3, -0.25) is 0 Å². The van der Waals surface area contributed by atoms with E-state index in [2.05, 4.69) is 126 Å². The quantitative estimate of drug-likeness (QED) is 0.194. The molecule has 0 saturated carbocycles. The first-order valence-electron chi connectivity index (χ1n) is 16.0. The Morgan fingerprint density at radius 2 is 0.979 bits per heavy atom. The van der Waals surface area contributed by atoms with Crippen LogP contribution in [0.1, 0.15) is 0 Å². The van der Waals surface area contributed by atoms with Crippen LogP contribution in [0.5, 0.6) is 0 Å². The minimum atomic E-state index is 0.665. The van der Waals surface area contributed by atoms with Gasteiger partial charge in [0, 0.05) is 53.0 Å². The van der Waals surface area contributed by atoms with Gasteiger partial charge >= 0.3 is 0 Å². The third kappa shape index (κ3) is 4.11. The lowest BCUT2D eigenvalue weighted by Crippen LogP contribution is -2.00. The highest BCUT2D eigenvalue weighted by molar-refractivity contribution is 7.27. The lowest BCUT2D eigenvalue weighted by atomic mass is 10.1. The summed E-state index contributed by atoms with van der Waals surface area (Å²) in [6, 6.07) is 55.4. The molecule has 0 bridgehead atoms. The van der Waals surface area contributed by atoms with Crippen LogP contribution >= 0.6 is 11.3 Å². The van der Waals surface area contributed by atoms with Crippen molar-refractivity contribution in [2.75, 3.05) is 0 Å². The zero-order chi connectivity index (χ0) is 31.6. The lowest BCUT2D eigenvalue weighted by Gasteiger charge is -2.11. The van der Waals surface area contributed by atoms with Crippen molar-refractivity contribution in [1.82, 2.24) is 19.5 Å². The number of nitrogens with zero attached hydrogens (tertiary/aromatic N) is 4. The van der Waals surface area contributed by atoms with Crippen LogP contribution < -0.4 is 0 Å². The second-order valence-electron chi connectivity index (χ2n) is 12.0. The van der Waals surface area contributed by atoms with E-state index in [1.165, 1.54) is 58.4 Å². The highest BCUT2D eigenvalue weighted by atomic mass is 32.1. The van der Waals surface area contributed by atoms with Crippen LogP contribution in [0.25, 0.3) is 92.6 Å². The third-order valence-corrected chi connectivity index (χ3v) is 10.5. The van der Waals surface area contributed by atoms with Gasteiger partial charge in [0.15, 0.2) is 17.5 Å². The summed E-state index contributed by atoms with van der Waals surface area (Å²) in [6.07, 6.45) is 0. The standard InChI is InChI=1S/C43H26N4S/c1-3-14-28(15-4-1)41-44-42(29-16-5-2-6-17-29)46-43(45-41)34-22-12-21-31-32-25-26-37-38(40(32)48-39(31)34)33-20-9-10-23-36(33)47(37)35-24-11-18-27-13-7-8-19-30(27)35/h1-26H. The molecule has 10 aromatic rings. The number of para-hydroxylation sites is 1. The van der Waals surface area contributed by atoms with Crippen LogP contribution in [0, 0.1) is 0 Å². The summed E-state index contributed by atoms with van der Waals surface area (Å²) in [5.41, 5.74) is 6.52. The van der Waals surface area contributed by atoms with Gasteiger partial charge in [0.1, 0.15) is 0 Å². The topological polar surface area (TPSA) is 43.6 Å². The summed E-state index contributed by atoms with van der Waals surface area (Å²) >= 11 is 1.83. The van der Waals surface area contributed by atoms with Gasteiger partial charge in [-0.25, -0.2) is 15.0 Å². The Morgan fingerprint density at radius 1 is 0.396 bits per heavy atom. The minimum absolute atomic E-state index is 0.665. The van der Waals surface area contributed by atoms with E-state index in [0.29, 0.717) is 17.5 Å². The van der Waals surface area contributed by atoms with Gasteiger partial charge < -0.3 is 4.57 Å². The smallest absolute Gasteiger partial charge is 0.165 e. The molecule has 4 nitrogen and oxygen atoms in total. The van der Waals surface area contributed by atoms with Gasteiger partial charge in [-0.15, -0.1) is 11.3 Å². The zero-order valence-electron chi connectivity index (χ0n) is 25.7. The molecule has 5 heteroatoms. The number of aromatic nitrogens is 4. The molecule has 224 valence electrons. The monoisotopic (exact) mass is 630 g/mol. The second-order valence-corrected chi connectivity index (χ2v) is 13.0. The Labute approximate surface area is 280 Å². The van der Waals surface area contributed by atoms with Gasteiger partial charge in [-0.2, -0.15) is 0 Å². The Balaban J connectivity index is 1.26. The maximum atomic E-state index is 5.09. The molecule has 10 rings (SSSR count). The van der Waals surface area contributed by atoms with Crippen LogP contribution in [-0.2, 0) is 0 Å². The van der Waals surface area contributed by atoms with Gasteiger partial charge in [0.2, 0.25) is 0 Å². The van der Waals surface area contributed by atoms with Gasteiger partial charge in [0.05, 0.1) is 16.7 Å². The maximum Gasteiger partial charge on any atom is 0.165 e. The Morgan fingerprint density at radius 3 is 1.75 bits per heavy atom. The van der Waals surface area contributed by atoms with E-state index in [0.717, 1.165) is 16.7 Å². The minimum Gasteiger partial charge on any atom is -0.309 e. The predicted octanol–water partition coefficient (Wildman–Crippen LogP) is 11.5. The number of hydrogen-bond acceptors (Lipinski definition) is 4. The average molecular weight is 631 g/mol. The fourth-order valence-corrected chi connectivity index (χ4v) is 8.44. The SMILES string of the molecule is c1ccc(-c2nc(-c3ccccc3)nc(-c3cccc4c3sc3c4ccc4c3c3ccccc3n4-c3cccc4ccccc34)n2)cc1. The summed E-state index contributed by atoms with van der Waals surface area (Å²) in [4.78, 5) is 15.1. The van der Waals surface area contributed by atoms with Crippen molar-refractivity contribution >= 4 is 64.1 Å². The molecular weight excluding hydrogens is 605 g/mol. The van der Waals surface area contributed by atoms with Crippen LogP contribution in [0.3, 0.4) is 0 Å². The summed E-state index contributed by atoms with van der Waals surface area (Å²) in [5.74, 6) is 2.01. The summed E-state index contributed by atoms with van der Waals surface area (Å²) in [6.45, 7) is 0. The van der Waals surface area contributed by atoms with E-state index in [1.54, 1.807) is 0 Å². The van der Waals surface area contributed by atoms with E-state index in [1.807, 2.05) is 47.7 Å². The third-order valence-electron chi connectivity index (χ3n) is 9.25. The van der Waals surface area contributed by atoms with E-state index in [-0.39, 0.29) is 0 Å². The maximum absolute atomic E-state index is 5.09. The number of rotatable bonds is 4. The van der Waals surface area contributed by atoms with Crippen molar-refractivity contribution in [2.45, 2.75) is 0 Å². The fraction of sp³-hybridized carbons (Fsp3) is 0. The van der Waals surface area contributed by atoms with Crippen molar-refractivity contribution in [3.8, 4) is 39.9 Å². The largest absolute Gasteiger partial charge is 0.309 e. The second kappa shape index (κ2) is 10.7. The Bertz CT molecular complexity index is 2770. The van der Waals surface area contributed by atoms with Gasteiger partial charge in [-0.05, 0) is 29.7 Å². The van der Waals surface area contributed by atoms with Crippen LogP contribution in [0.15, 0.2) is 158 Å². The molecule has 3 aromatic heterocycles. The molecule has 0 aliphatic carbocycles. The first-order chi connectivity index (χ1) is 23.8. The van der Waals surface area contributed by atoms with Crippen molar-refractivity contribution in [1.29, 1.82) is 0 Å². The molecule has 0 radical (unpaired) electrons. The van der Waals surface area contributed by atoms with Crippen molar-refractivity contribution in [3.05, 3.63) is 158 Å². The van der Waals surface area contributed by atoms with Crippen LogP contribution in [-0.4, -0.2) is 19.5 Å². The first-order valence-corrected chi connectivity index (χ1v) is 16.9. The summed E-state index contributed by atoms with van der Waals surface area (Å²) in [5, 5.41) is 7.44. The van der Waals surface area contributed by atoms with Gasteiger partial charge in [-0.1, -0.05) is 133 Å². The molecule has 0 unspecified atom stereocenters. The predicted molar refractivity (Wildman–Crippen MR) is 201 cm³/mol. The molecule has 7 aromatic carbocycles. The number of hydrogen-bond donors (Lipinski definition) is 0. The van der Waals surface area contributed by atoms with Gasteiger partial charge in [0.25, 0.3) is 0 Å². The highest BCUT2D eigenvalue weighted by Crippen LogP contribution is 2.46. The zero-order valence-corrected chi connectivity index (χ0v) is 26.5. The normalized spacial score (nSPS) is 11.8. The molecule has 0 spiro atoms. The van der Waals surface area contributed by atoms with Crippen LogP contribution in [0.2, 0.25) is 0 Å². The molecule has 0 N–H and O–H groups in total. The number of fused-ring (bicyclic) bond motifs is 8. The Hall–Kier alpha value is -6.17. The molecule has 0 atom stereocenters. The van der Waals surface area contributed by atoms with Crippen molar-refractivity contribution in [2.24, 2.45) is 0 Å². The van der Waals surface area contributed by atoms with Crippen molar-refractivity contribution in [3.63, 3.8) is 0 Å². The van der Waals surface area contributed by atoms with E-state index < -0.39 is 0 Å². The lowest BCUT2D eigenvalue weighted by molar-refractivity contribution is 1.08. The summed E-state index contributed by atoms with van der Waals surface area (Å²) < 4.78 is 4.87. The Kier molecular flexibility index (Phi) is 6.01. The molecule has 0 saturated heterocycles. The molecule has 0 amide bonds. The van der Waals surface area contributed by atoms with E-state index in [4.69, 9.17) is 15.0 Å². The molecule has 48 heavy (non-hydrogen) atoms. The molecule has 0 aliphatic heterocycles. The van der Waals surface area contributed by atoms with E-state index in [9.17, 15) is 0 Å². The molecule has 0 aliphatic rings. The first kappa shape index (κ1) is 27.0. The number of thiophene rings is 1. The number of benzene rings is 7. The summed E-state index contributed by atoms with van der Waals surface area (Å²) in [7, 11) is 0. The fourth-order valence-electron chi connectivity index (χ4n) is 7.08. The highest BCUT2D eigenvalue weighted by Gasteiger charge is 2.21.